The van der Waals surface area contributed by atoms with E-state index < -0.39 is 6.04 Å². The maximum Gasteiger partial charge on any atom is 0.316 e. The number of carbonyl (C=O) groups excluding carboxylic acids is 1. The van der Waals surface area contributed by atoms with E-state index in [1.54, 1.807) is 23.7 Å². The number of carbonyl (C=O) groups is 1. The van der Waals surface area contributed by atoms with Crippen LogP contribution in [0.2, 0.25) is 0 Å². The zero-order valence-electron chi connectivity index (χ0n) is 21.9. The normalized spacial score (nSPS) is 16.9. The van der Waals surface area contributed by atoms with Crippen molar-refractivity contribution in [1.82, 2.24) is 20.2 Å². The van der Waals surface area contributed by atoms with Crippen molar-refractivity contribution >= 4 is 39.5 Å². The summed E-state index contributed by atoms with van der Waals surface area (Å²) < 4.78 is 11.6. The van der Waals surface area contributed by atoms with E-state index in [2.05, 4.69) is 30.7 Å². The second-order valence-corrected chi connectivity index (χ2v) is 10.5. The van der Waals surface area contributed by atoms with Crippen LogP contribution >= 0.6 is 11.3 Å². The molecule has 2 aliphatic rings. The van der Waals surface area contributed by atoms with Crippen LogP contribution in [-0.4, -0.2) is 58.4 Å². The van der Waals surface area contributed by atoms with E-state index in [0.717, 1.165) is 51.0 Å². The van der Waals surface area contributed by atoms with E-state index in [1.165, 1.54) is 0 Å². The topological polar surface area (TPSA) is 118 Å². The predicted octanol–water partition coefficient (Wildman–Crippen LogP) is 4.96. The average Bonchev–Trinajstić information content (AvgIpc) is 3.65. The number of para-hydroxylation sites is 1. The minimum absolute atomic E-state index is 0.124. The Labute approximate surface area is 239 Å². The van der Waals surface area contributed by atoms with Crippen LogP contribution in [0.4, 0.5) is 16.7 Å². The molecule has 0 unspecified atom stereocenters. The van der Waals surface area contributed by atoms with Gasteiger partial charge in [-0.1, -0.05) is 65.0 Å². The molecule has 10 nitrogen and oxygen atoms in total. The Morgan fingerprint density at radius 3 is 2.59 bits per heavy atom. The van der Waals surface area contributed by atoms with E-state index in [-0.39, 0.29) is 17.8 Å². The SMILES string of the molecule is O=C1Nc2ccccc2C(c2ccccc2)=C[C@H]1Nc1nnc(-c2nc(-c3cccnc3)sc2N2CCOCC2)o1. The first-order valence-corrected chi connectivity index (χ1v) is 14.1. The van der Waals surface area contributed by atoms with Gasteiger partial charge in [0.15, 0.2) is 5.69 Å². The number of morpholine rings is 1. The lowest BCUT2D eigenvalue weighted by molar-refractivity contribution is -0.116. The fourth-order valence-electron chi connectivity index (χ4n) is 4.90. The van der Waals surface area contributed by atoms with Gasteiger partial charge in [0.05, 0.1) is 13.2 Å². The molecule has 0 radical (unpaired) electrons. The van der Waals surface area contributed by atoms with E-state index in [0.29, 0.717) is 18.9 Å². The summed E-state index contributed by atoms with van der Waals surface area (Å²) in [4.78, 5) is 24.6. The van der Waals surface area contributed by atoms with Crippen molar-refractivity contribution in [2.24, 2.45) is 0 Å². The zero-order valence-corrected chi connectivity index (χ0v) is 22.7. The Hall–Kier alpha value is -4.87. The molecule has 0 saturated carbocycles. The smallest absolute Gasteiger partial charge is 0.316 e. The number of hydrogen-bond donors (Lipinski definition) is 2. The van der Waals surface area contributed by atoms with E-state index in [9.17, 15) is 4.79 Å². The Morgan fingerprint density at radius 2 is 1.76 bits per heavy atom. The van der Waals surface area contributed by atoms with E-state index >= 15 is 0 Å². The lowest BCUT2D eigenvalue weighted by atomic mass is 9.96. The van der Waals surface area contributed by atoms with Crippen molar-refractivity contribution in [2.75, 3.05) is 41.8 Å². The van der Waals surface area contributed by atoms with Crippen molar-refractivity contribution < 1.29 is 13.9 Å². The maximum absolute atomic E-state index is 13.3. The van der Waals surface area contributed by atoms with Crippen molar-refractivity contribution in [3.8, 4) is 22.2 Å². The molecule has 1 fully saturated rings. The molecule has 1 amide bonds. The van der Waals surface area contributed by atoms with Crippen LogP contribution in [0.5, 0.6) is 0 Å². The summed E-state index contributed by atoms with van der Waals surface area (Å²) >= 11 is 1.55. The van der Waals surface area contributed by atoms with Crippen molar-refractivity contribution in [3.05, 3.63) is 96.3 Å². The van der Waals surface area contributed by atoms with Crippen molar-refractivity contribution in [2.45, 2.75) is 6.04 Å². The van der Waals surface area contributed by atoms with Gasteiger partial charge in [-0.05, 0) is 35.4 Å². The zero-order chi connectivity index (χ0) is 27.6. The highest BCUT2D eigenvalue weighted by Gasteiger charge is 2.28. The number of anilines is 3. The molecule has 204 valence electrons. The fraction of sp³-hybridized carbons (Fsp3) is 0.167. The van der Waals surface area contributed by atoms with E-state index in [1.807, 2.05) is 72.8 Å². The number of thiazole rings is 1. The third-order valence-electron chi connectivity index (χ3n) is 6.90. The second-order valence-electron chi connectivity index (χ2n) is 9.53. The van der Waals surface area contributed by atoms with Crippen LogP contribution in [0, 0.1) is 0 Å². The predicted molar refractivity (Wildman–Crippen MR) is 158 cm³/mol. The molecule has 0 bridgehead atoms. The first-order chi connectivity index (χ1) is 20.2. The molecule has 11 heteroatoms. The molecule has 0 aliphatic carbocycles. The number of rotatable bonds is 6. The van der Waals surface area contributed by atoms with Gasteiger partial charge in [0.2, 0.25) is 0 Å². The summed E-state index contributed by atoms with van der Waals surface area (Å²) in [6, 6.07) is 20.9. The summed E-state index contributed by atoms with van der Waals surface area (Å²) in [5.41, 5.74) is 5.09. The number of benzene rings is 2. The summed E-state index contributed by atoms with van der Waals surface area (Å²) in [5.74, 6) is 0.0367. The van der Waals surface area contributed by atoms with Gasteiger partial charge in [-0.25, -0.2) is 4.98 Å². The largest absolute Gasteiger partial charge is 0.402 e. The number of pyridine rings is 1. The van der Waals surface area contributed by atoms with Crippen LogP contribution in [-0.2, 0) is 9.53 Å². The highest BCUT2D eigenvalue weighted by molar-refractivity contribution is 7.19. The Bertz CT molecular complexity index is 1710. The lowest BCUT2D eigenvalue weighted by Crippen LogP contribution is -2.35. The number of fused-ring (bicyclic) bond motifs is 1. The first-order valence-electron chi connectivity index (χ1n) is 13.2. The van der Waals surface area contributed by atoms with Gasteiger partial charge in [0.1, 0.15) is 16.1 Å². The van der Waals surface area contributed by atoms with Gasteiger partial charge < -0.3 is 24.7 Å². The molecule has 5 heterocycles. The molecule has 1 atom stereocenters. The third-order valence-corrected chi connectivity index (χ3v) is 8.06. The highest BCUT2D eigenvalue weighted by Crippen LogP contribution is 2.40. The summed E-state index contributed by atoms with van der Waals surface area (Å²) in [6.07, 6.45) is 5.41. The van der Waals surface area contributed by atoms with Gasteiger partial charge in [-0.15, -0.1) is 5.10 Å². The number of nitrogens with one attached hydrogen (secondary N) is 2. The molecule has 3 aromatic heterocycles. The number of aromatic nitrogens is 4. The summed E-state index contributed by atoms with van der Waals surface area (Å²) in [6.45, 7) is 2.73. The molecule has 7 rings (SSSR count). The molecular weight excluding hydrogens is 538 g/mol. The number of ether oxygens (including phenoxy) is 1. The van der Waals surface area contributed by atoms with Crippen molar-refractivity contribution in [3.63, 3.8) is 0 Å². The van der Waals surface area contributed by atoms with Crippen LogP contribution < -0.4 is 15.5 Å². The van der Waals surface area contributed by atoms with Crippen LogP contribution in [0.3, 0.4) is 0 Å². The minimum atomic E-state index is -0.758. The van der Waals surface area contributed by atoms with Gasteiger partial charge >= 0.3 is 6.01 Å². The second kappa shape index (κ2) is 11.0. The monoisotopic (exact) mass is 563 g/mol. The van der Waals surface area contributed by atoms with Gasteiger partial charge in [0, 0.05) is 42.3 Å². The molecule has 41 heavy (non-hydrogen) atoms. The quantitative estimate of drug-likeness (QED) is 0.296. The third kappa shape index (κ3) is 5.08. The Morgan fingerprint density at radius 1 is 0.951 bits per heavy atom. The van der Waals surface area contributed by atoms with Gasteiger partial charge in [-0.2, -0.15) is 0 Å². The van der Waals surface area contributed by atoms with Gasteiger partial charge in [-0.3, -0.25) is 9.78 Å². The van der Waals surface area contributed by atoms with Crippen LogP contribution in [0.1, 0.15) is 11.1 Å². The van der Waals surface area contributed by atoms with Crippen LogP contribution in [0.15, 0.2) is 89.6 Å². The highest BCUT2D eigenvalue weighted by atomic mass is 32.1. The number of amides is 1. The minimum Gasteiger partial charge on any atom is -0.402 e. The molecule has 2 N–H and O–H groups in total. The Balaban J connectivity index is 1.23. The first kappa shape index (κ1) is 25.1. The summed E-state index contributed by atoms with van der Waals surface area (Å²) in [7, 11) is 0. The van der Waals surface area contributed by atoms with Gasteiger partial charge in [0.25, 0.3) is 11.8 Å². The molecule has 0 spiro atoms. The molecule has 1 saturated heterocycles. The maximum atomic E-state index is 13.3. The fourth-order valence-corrected chi connectivity index (χ4v) is 6.00. The molecule has 2 aromatic carbocycles. The van der Waals surface area contributed by atoms with Crippen LogP contribution in [0.25, 0.3) is 27.7 Å². The number of nitrogens with zero attached hydrogens (tertiary/aromatic N) is 5. The number of hydrogen-bond acceptors (Lipinski definition) is 10. The Kier molecular flexibility index (Phi) is 6.71. The van der Waals surface area contributed by atoms with Crippen molar-refractivity contribution in [1.29, 1.82) is 0 Å². The molecule has 2 aliphatic heterocycles. The standard InChI is InChI=1S/C30H25N7O3S/c38-26-24(17-22(19-7-2-1-3-8-19)21-10-4-5-11-23(21)32-26)33-30-36-35-27(40-30)25-29(37-13-15-39-16-14-37)41-28(34-25)20-9-6-12-31-18-20/h1-12,17-18,24H,13-16H2,(H,32,38)(H,33,36)/t24-/m1/s1. The molecular formula is C30H25N7O3S. The summed E-state index contributed by atoms with van der Waals surface area (Å²) in [5, 5.41) is 16.5. The lowest BCUT2D eigenvalue weighted by Gasteiger charge is -2.27. The van der Waals surface area contributed by atoms with E-state index in [4.69, 9.17) is 14.1 Å². The average molecular weight is 564 g/mol. The molecule has 5 aromatic rings.